The maximum atomic E-state index is 12.5. The fourth-order valence-electron chi connectivity index (χ4n) is 2.11. The highest BCUT2D eigenvalue weighted by Gasteiger charge is 2.13. The molecule has 0 atom stereocenters. The molecule has 0 fully saturated rings. The van der Waals surface area contributed by atoms with Gasteiger partial charge in [0.1, 0.15) is 5.82 Å². The molecule has 0 saturated heterocycles. The highest BCUT2D eigenvalue weighted by Crippen LogP contribution is 2.22. The largest absolute Gasteiger partial charge is 0.391 e. The summed E-state index contributed by atoms with van der Waals surface area (Å²) in [6.45, 7) is -0.400. The number of anilines is 2. The zero-order valence-electron chi connectivity index (χ0n) is 11.3. The number of halogens is 2. The molecule has 0 bridgehead atoms. The molecule has 3 aromatic rings. The van der Waals surface area contributed by atoms with Gasteiger partial charge in [-0.25, -0.2) is 4.98 Å². The molecule has 7 heteroatoms. The maximum absolute atomic E-state index is 12.5. The molecular formula is C15H11ClIN3O2. The molecule has 0 spiro atoms. The Hall–Kier alpha value is -1.64. The highest BCUT2D eigenvalue weighted by atomic mass is 127. The van der Waals surface area contributed by atoms with Gasteiger partial charge in [0.2, 0.25) is 0 Å². The van der Waals surface area contributed by atoms with Crippen LogP contribution in [0, 0.1) is 3.57 Å². The number of nitrogens with one attached hydrogen (secondary N) is 1. The van der Waals surface area contributed by atoms with Crippen LogP contribution in [-0.2, 0) is 6.61 Å². The Morgan fingerprint density at radius 2 is 2.14 bits per heavy atom. The van der Waals surface area contributed by atoms with E-state index in [1.54, 1.807) is 30.5 Å². The van der Waals surface area contributed by atoms with Crippen LogP contribution in [0.25, 0.3) is 5.65 Å². The Labute approximate surface area is 144 Å². The molecule has 0 unspecified atom stereocenters. The summed E-state index contributed by atoms with van der Waals surface area (Å²) >= 11 is 8.08. The molecule has 2 aromatic heterocycles. The maximum Gasteiger partial charge on any atom is 0.265 e. The van der Waals surface area contributed by atoms with Gasteiger partial charge in [0.05, 0.1) is 15.7 Å². The van der Waals surface area contributed by atoms with Crippen molar-refractivity contribution in [1.29, 1.82) is 0 Å². The summed E-state index contributed by atoms with van der Waals surface area (Å²) in [5.41, 5.74) is 1.15. The third-order valence-electron chi connectivity index (χ3n) is 3.15. The molecule has 3 rings (SSSR count). The van der Waals surface area contributed by atoms with E-state index in [0.717, 1.165) is 3.57 Å². The first-order valence-electron chi connectivity index (χ1n) is 6.43. The van der Waals surface area contributed by atoms with Gasteiger partial charge < -0.3 is 10.4 Å². The average Bonchev–Trinajstić information content (AvgIpc) is 2.49. The summed E-state index contributed by atoms with van der Waals surface area (Å²) in [6, 6.07) is 10.7. The lowest BCUT2D eigenvalue weighted by Gasteiger charge is -2.12. The fourth-order valence-corrected chi connectivity index (χ4v) is 2.89. The van der Waals surface area contributed by atoms with Crippen molar-refractivity contribution in [2.75, 3.05) is 5.32 Å². The van der Waals surface area contributed by atoms with E-state index in [9.17, 15) is 9.90 Å². The molecule has 0 aliphatic rings. The molecule has 22 heavy (non-hydrogen) atoms. The van der Waals surface area contributed by atoms with Gasteiger partial charge in [-0.15, -0.1) is 0 Å². The number of pyridine rings is 1. The van der Waals surface area contributed by atoms with E-state index in [1.165, 1.54) is 4.40 Å². The van der Waals surface area contributed by atoms with Gasteiger partial charge in [-0.1, -0.05) is 17.7 Å². The summed E-state index contributed by atoms with van der Waals surface area (Å²) < 4.78 is 2.27. The van der Waals surface area contributed by atoms with Crippen molar-refractivity contribution in [1.82, 2.24) is 9.38 Å². The number of nitrogens with zero attached hydrogens (tertiary/aromatic N) is 2. The lowest BCUT2D eigenvalue weighted by Crippen LogP contribution is -2.22. The summed E-state index contributed by atoms with van der Waals surface area (Å²) in [6.07, 6.45) is 1.63. The smallest absolute Gasteiger partial charge is 0.265 e. The molecule has 2 heterocycles. The van der Waals surface area contributed by atoms with Crippen LogP contribution in [0.1, 0.15) is 5.56 Å². The number of fused-ring (bicyclic) bond motifs is 1. The SMILES string of the molecule is O=c1c(CO)c(Nc2cccc(Cl)c2)nc2c(I)cccn12. The number of hydrogen-bond acceptors (Lipinski definition) is 4. The van der Waals surface area contributed by atoms with E-state index >= 15 is 0 Å². The normalized spacial score (nSPS) is 10.9. The van der Waals surface area contributed by atoms with E-state index < -0.39 is 6.61 Å². The quantitative estimate of drug-likeness (QED) is 0.630. The first kappa shape index (κ1) is 15.3. The van der Waals surface area contributed by atoms with Crippen LogP contribution in [0.5, 0.6) is 0 Å². The molecule has 0 aliphatic heterocycles. The molecule has 0 aliphatic carbocycles. The number of aliphatic hydroxyl groups excluding tert-OH is 1. The van der Waals surface area contributed by atoms with Gasteiger partial charge in [0, 0.05) is 16.9 Å². The van der Waals surface area contributed by atoms with Gasteiger partial charge in [0.25, 0.3) is 5.56 Å². The van der Waals surface area contributed by atoms with Crippen LogP contribution in [0.2, 0.25) is 5.02 Å². The molecule has 0 radical (unpaired) electrons. The van der Waals surface area contributed by atoms with E-state index in [-0.39, 0.29) is 11.1 Å². The second kappa shape index (κ2) is 6.23. The minimum absolute atomic E-state index is 0.208. The number of benzene rings is 1. The van der Waals surface area contributed by atoms with Gasteiger partial charge in [-0.2, -0.15) is 0 Å². The van der Waals surface area contributed by atoms with Crippen molar-refractivity contribution in [2.24, 2.45) is 0 Å². The summed E-state index contributed by atoms with van der Waals surface area (Å²) in [7, 11) is 0. The summed E-state index contributed by atoms with van der Waals surface area (Å²) in [5, 5.41) is 13.2. The van der Waals surface area contributed by atoms with Crippen molar-refractivity contribution < 1.29 is 5.11 Å². The predicted octanol–water partition coefficient (Wildman–Crippen LogP) is 3.19. The van der Waals surface area contributed by atoms with Crippen LogP contribution in [0.4, 0.5) is 11.5 Å². The van der Waals surface area contributed by atoms with Crippen LogP contribution in [0.3, 0.4) is 0 Å². The first-order valence-corrected chi connectivity index (χ1v) is 7.89. The fraction of sp³-hybridized carbons (Fsp3) is 0.0667. The molecule has 112 valence electrons. The Kier molecular flexibility index (Phi) is 4.32. The van der Waals surface area contributed by atoms with Gasteiger partial charge in [-0.3, -0.25) is 9.20 Å². The molecule has 0 amide bonds. The summed E-state index contributed by atoms with van der Waals surface area (Å²) in [4.78, 5) is 17.0. The minimum Gasteiger partial charge on any atom is -0.391 e. The average molecular weight is 428 g/mol. The summed E-state index contributed by atoms with van der Waals surface area (Å²) in [5.74, 6) is 0.332. The lowest BCUT2D eigenvalue weighted by atomic mass is 10.2. The standard InChI is InChI=1S/C15H11ClIN3O2/c16-9-3-1-4-10(7-9)18-13-11(8-21)15(22)20-6-2-5-12(17)14(20)19-13/h1-7,18,21H,8H2. The molecular weight excluding hydrogens is 417 g/mol. The predicted molar refractivity (Wildman–Crippen MR) is 94.8 cm³/mol. The first-order chi connectivity index (χ1) is 10.6. The molecule has 2 N–H and O–H groups in total. The van der Waals surface area contributed by atoms with Gasteiger partial charge >= 0.3 is 0 Å². The molecule has 5 nitrogen and oxygen atoms in total. The van der Waals surface area contributed by atoms with Crippen molar-refractivity contribution in [3.8, 4) is 0 Å². The third kappa shape index (κ3) is 2.81. The van der Waals surface area contributed by atoms with E-state index in [1.807, 2.05) is 12.1 Å². The molecule has 0 saturated carbocycles. The third-order valence-corrected chi connectivity index (χ3v) is 4.22. The van der Waals surface area contributed by atoms with Crippen molar-refractivity contribution in [2.45, 2.75) is 6.61 Å². The number of rotatable bonds is 3. The Bertz CT molecular complexity index is 911. The Morgan fingerprint density at radius 3 is 2.86 bits per heavy atom. The lowest BCUT2D eigenvalue weighted by molar-refractivity contribution is 0.280. The second-order valence-electron chi connectivity index (χ2n) is 4.59. The Morgan fingerprint density at radius 1 is 1.32 bits per heavy atom. The van der Waals surface area contributed by atoms with Gasteiger partial charge in [-0.05, 0) is 52.9 Å². The van der Waals surface area contributed by atoms with Crippen molar-refractivity contribution in [3.05, 3.63) is 67.1 Å². The number of aromatic nitrogens is 2. The zero-order valence-corrected chi connectivity index (χ0v) is 14.2. The van der Waals surface area contributed by atoms with Crippen LogP contribution in [-0.4, -0.2) is 14.5 Å². The zero-order chi connectivity index (χ0) is 15.7. The number of hydrogen-bond donors (Lipinski definition) is 2. The second-order valence-corrected chi connectivity index (χ2v) is 6.19. The van der Waals surface area contributed by atoms with E-state index in [0.29, 0.717) is 22.2 Å². The monoisotopic (exact) mass is 427 g/mol. The van der Waals surface area contributed by atoms with E-state index in [2.05, 4.69) is 32.9 Å². The van der Waals surface area contributed by atoms with Gasteiger partial charge in [0.15, 0.2) is 5.65 Å². The minimum atomic E-state index is -0.400. The molecule has 1 aromatic carbocycles. The van der Waals surface area contributed by atoms with Crippen LogP contribution < -0.4 is 10.9 Å². The van der Waals surface area contributed by atoms with Crippen molar-refractivity contribution in [3.63, 3.8) is 0 Å². The Balaban J connectivity index is 2.20. The van der Waals surface area contributed by atoms with E-state index in [4.69, 9.17) is 11.6 Å². The van der Waals surface area contributed by atoms with Crippen molar-refractivity contribution >= 4 is 51.3 Å². The van der Waals surface area contributed by atoms with Crippen LogP contribution >= 0.6 is 34.2 Å². The topological polar surface area (TPSA) is 66.6 Å². The highest BCUT2D eigenvalue weighted by molar-refractivity contribution is 14.1. The van der Waals surface area contributed by atoms with Crippen LogP contribution in [0.15, 0.2) is 47.4 Å². The number of aliphatic hydroxyl groups is 1.